The molecule has 0 aromatic carbocycles. The summed E-state index contributed by atoms with van der Waals surface area (Å²) >= 11 is 2.05. The van der Waals surface area contributed by atoms with E-state index in [4.69, 9.17) is 0 Å². The van der Waals surface area contributed by atoms with Gasteiger partial charge < -0.3 is 15.5 Å². The number of anilines is 3. The number of hydrogen-bond acceptors (Lipinski definition) is 7. The van der Waals surface area contributed by atoms with Crippen molar-refractivity contribution in [2.24, 2.45) is 5.92 Å². The highest BCUT2D eigenvalue weighted by Crippen LogP contribution is 2.22. The van der Waals surface area contributed by atoms with Gasteiger partial charge >= 0.3 is 0 Å². The Morgan fingerprint density at radius 1 is 1.16 bits per heavy atom. The van der Waals surface area contributed by atoms with Gasteiger partial charge in [0.15, 0.2) is 0 Å². The Morgan fingerprint density at radius 2 is 1.84 bits per heavy atom. The smallest absolute Gasteiger partial charge is 0.231 e. The molecule has 1 aromatic heterocycles. The lowest BCUT2D eigenvalue weighted by Gasteiger charge is -2.21. The molecular weight excluding hydrogens is 260 g/mol. The Hall–Kier alpha value is -1.24. The zero-order valence-corrected chi connectivity index (χ0v) is 12.6. The third-order valence-electron chi connectivity index (χ3n) is 3.14. The first kappa shape index (κ1) is 14.2. The van der Waals surface area contributed by atoms with Gasteiger partial charge in [-0.2, -0.15) is 26.7 Å². The minimum atomic E-state index is 0.598. The van der Waals surface area contributed by atoms with E-state index in [-0.39, 0.29) is 0 Å². The van der Waals surface area contributed by atoms with Crippen molar-refractivity contribution in [2.45, 2.75) is 12.8 Å². The minimum Gasteiger partial charge on any atom is -0.357 e. The van der Waals surface area contributed by atoms with Crippen LogP contribution in [0.15, 0.2) is 0 Å². The van der Waals surface area contributed by atoms with Crippen LogP contribution in [-0.4, -0.2) is 54.1 Å². The third-order valence-corrected chi connectivity index (χ3v) is 4.19. The molecule has 0 unspecified atom stereocenters. The monoisotopic (exact) mass is 282 g/mol. The van der Waals surface area contributed by atoms with Gasteiger partial charge in [-0.3, -0.25) is 0 Å². The number of aromatic nitrogens is 3. The number of rotatable bonds is 5. The second kappa shape index (κ2) is 6.79. The summed E-state index contributed by atoms with van der Waals surface area (Å²) in [6, 6.07) is 0. The fraction of sp³-hybridized carbons (Fsp3) is 0.750. The molecule has 0 amide bonds. The number of nitrogens with one attached hydrogen (secondary N) is 2. The molecule has 1 fully saturated rings. The summed E-state index contributed by atoms with van der Waals surface area (Å²) in [6.45, 7) is 0.945. The van der Waals surface area contributed by atoms with Gasteiger partial charge in [-0.05, 0) is 30.3 Å². The molecule has 1 aromatic rings. The van der Waals surface area contributed by atoms with E-state index in [0.29, 0.717) is 17.8 Å². The molecule has 1 aliphatic heterocycles. The average molecular weight is 282 g/mol. The van der Waals surface area contributed by atoms with E-state index in [1.807, 2.05) is 37.8 Å². The van der Waals surface area contributed by atoms with Crippen LogP contribution in [0.2, 0.25) is 0 Å². The van der Waals surface area contributed by atoms with E-state index in [9.17, 15) is 0 Å². The van der Waals surface area contributed by atoms with Crippen LogP contribution in [0.1, 0.15) is 12.8 Å². The zero-order valence-electron chi connectivity index (χ0n) is 11.8. The lowest BCUT2D eigenvalue weighted by Crippen LogP contribution is -2.21. The van der Waals surface area contributed by atoms with E-state index in [0.717, 1.165) is 12.5 Å². The molecule has 1 saturated heterocycles. The second-order valence-corrected chi connectivity index (χ2v) is 6.09. The lowest BCUT2D eigenvalue weighted by molar-refractivity contribution is 0.514. The van der Waals surface area contributed by atoms with Crippen molar-refractivity contribution in [3.8, 4) is 0 Å². The summed E-state index contributed by atoms with van der Waals surface area (Å²) in [7, 11) is 5.67. The molecule has 7 heteroatoms. The zero-order chi connectivity index (χ0) is 13.7. The highest BCUT2D eigenvalue weighted by molar-refractivity contribution is 7.99. The van der Waals surface area contributed by atoms with Gasteiger partial charge in [-0.25, -0.2) is 0 Å². The molecule has 2 rings (SSSR count). The first-order valence-corrected chi connectivity index (χ1v) is 7.77. The predicted molar refractivity (Wildman–Crippen MR) is 82.2 cm³/mol. The number of thioether (sulfide) groups is 1. The van der Waals surface area contributed by atoms with Crippen molar-refractivity contribution in [2.75, 3.05) is 54.7 Å². The van der Waals surface area contributed by atoms with Crippen LogP contribution in [0.25, 0.3) is 0 Å². The van der Waals surface area contributed by atoms with Crippen molar-refractivity contribution in [3.05, 3.63) is 0 Å². The first-order valence-electron chi connectivity index (χ1n) is 6.62. The SMILES string of the molecule is CNc1nc(NCC2CCSCC2)nc(N(C)C)n1. The first-order chi connectivity index (χ1) is 9.19. The van der Waals surface area contributed by atoms with E-state index >= 15 is 0 Å². The minimum absolute atomic E-state index is 0.598. The van der Waals surface area contributed by atoms with Crippen molar-refractivity contribution in [3.63, 3.8) is 0 Å². The number of hydrogen-bond donors (Lipinski definition) is 2. The normalized spacial score (nSPS) is 16.2. The Balaban J connectivity index is 2.00. The highest BCUT2D eigenvalue weighted by atomic mass is 32.2. The number of nitrogens with zero attached hydrogens (tertiary/aromatic N) is 4. The summed E-state index contributed by atoms with van der Waals surface area (Å²) in [5.74, 6) is 5.20. The molecule has 0 saturated carbocycles. The molecule has 1 aliphatic rings. The van der Waals surface area contributed by atoms with Crippen LogP contribution >= 0.6 is 11.8 Å². The second-order valence-electron chi connectivity index (χ2n) is 4.86. The quantitative estimate of drug-likeness (QED) is 0.849. The van der Waals surface area contributed by atoms with Crippen LogP contribution in [-0.2, 0) is 0 Å². The van der Waals surface area contributed by atoms with Crippen molar-refractivity contribution in [1.82, 2.24) is 15.0 Å². The Labute approximate surface area is 118 Å². The van der Waals surface area contributed by atoms with Crippen molar-refractivity contribution >= 4 is 29.6 Å². The Bertz CT molecular complexity index is 405. The Morgan fingerprint density at radius 3 is 2.47 bits per heavy atom. The van der Waals surface area contributed by atoms with Gasteiger partial charge in [0, 0.05) is 27.7 Å². The largest absolute Gasteiger partial charge is 0.357 e. The summed E-state index contributed by atoms with van der Waals surface area (Å²) < 4.78 is 0. The molecular formula is C12H22N6S. The van der Waals surface area contributed by atoms with E-state index in [1.54, 1.807) is 0 Å². The van der Waals surface area contributed by atoms with Crippen LogP contribution in [0.4, 0.5) is 17.8 Å². The summed E-state index contributed by atoms with van der Waals surface area (Å²) in [6.07, 6.45) is 2.56. The van der Waals surface area contributed by atoms with Gasteiger partial charge in [0.05, 0.1) is 0 Å². The fourth-order valence-corrected chi connectivity index (χ4v) is 3.15. The summed E-state index contributed by atoms with van der Waals surface area (Å²) in [5, 5.41) is 6.31. The van der Waals surface area contributed by atoms with Gasteiger partial charge in [-0.15, -0.1) is 0 Å². The van der Waals surface area contributed by atoms with Crippen molar-refractivity contribution < 1.29 is 0 Å². The Kier molecular flexibility index (Phi) is 5.07. The average Bonchev–Trinajstić information content (AvgIpc) is 2.45. The molecule has 0 atom stereocenters. The predicted octanol–water partition coefficient (Wildman–Crippen LogP) is 1.53. The van der Waals surface area contributed by atoms with Crippen LogP contribution < -0.4 is 15.5 Å². The van der Waals surface area contributed by atoms with Gasteiger partial charge in [0.1, 0.15) is 0 Å². The highest BCUT2D eigenvalue weighted by Gasteiger charge is 2.14. The molecule has 0 aliphatic carbocycles. The summed E-state index contributed by atoms with van der Waals surface area (Å²) in [5.41, 5.74) is 0. The lowest BCUT2D eigenvalue weighted by atomic mass is 10.0. The topological polar surface area (TPSA) is 66.0 Å². The summed E-state index contributed by atoms with van der Waals surface area (Å²) in [4.78, 5) is 14.9. The molecule has 106 valence electrons. The van der Waals surface area contributed by atoms with Crippen LogP contribution in [0.3, 0.4) is 0 Å². The third kappa shape index (κ3) is 4.12. The van der Waals surface area contributed by atoms with Gasteiger partial charge in [-0.1, -0.05) is 0 Å². The molecule has 0 spiro atoms. The molecule has 2 heterocycles. The maximum absolute atomic E-state index is 4.41. The molecule has 6 nitrogen and oxygen atoms in total. The van der Waals surface area contributed by atoms with E-state index in [1.165, 1.54) is 24.3 Å². The van der Waals surface area contributed by atoms with Crippen LogP contribution in [0.5, 0.6) is 0 Å². The molecule has 2 N–H and O–H groups in total. The van der Waals surface area contributed by atoms with Crippen LogP contribution in [0, 0.1) is 5.92 Å². The fourth-order valence-electron chi connectivity index (χ4n) is 1.94. The molecule has 0 bridgehead atoms. The van der Waals surface area contributed by atoms with Gasteiger partial charge in [0.2, 0.25) is 17.8 Å². The maximum Gasteiger partial charge on any atom is 0.231 e. The van der Waals surface area contributed by atoms with E-state index in [2.05, 4.69) is 25.6 Å². The van der Waals surface area contributed by atoms with Crippen molar-refractivity contribution in [1.29, 1.82) is 0 Å². The van der Waals surface area contributed by atoms with Gasteiger partial charge in [0.25, 0.3) is 0 Å². The molecule has 0 radical (unpaired) electrons. The van der Waals surface area contributed by atoms with E-state index < -0.39 is 0 Å². The maximum atomic E-state index is 4.41. The standard InChI is InChI=1S/C12H22N6S/c1-13-10-15-11(17-12(16-10)18(2)3)14-8-9-4-6-19-7-5-9/h9H,4-8H2,1-3H3,(H2,13,14,15,16,17). The molecule has 19 heavy (non-hydrogen) atoms.